The second kappa shape index (κ2) is 10.3. The Morgan fingerprint density at radius 2 is 1.07 bits per heavy atom. The van der Waals surface area contributed by atoms with E-state index in [1.807, 2.05) is 48.5 Å². The van der Waals surface area contributed by atoms with E-state index >= 15 is 0 Å². The minimum Gasteiger partial charge on any atom is -0.549 e. The Labute approximate surface area is 189 Å². The van der Waals surface area contributed by atoms with E-state index < -0.39 is 11.9 Å². The standard InChI is InChI=1S/2C11H12O2.Ca/c2*12-11(13)10-7-3-5-8-4-1-2-6-9(8)10;/h2*1-2,4,6,10H,3,5,7H2,(H,12,13);/q;;+2/p-2. The minimum atomic E-state index is -0.938. The van der Waals surface area contributed by atoms with Crippen LogP contribution in [0.25, 0.3) is 0 Å². The zero-order valence-corrected chi connectivity index (χ0v) is 17.6. The van der Waals surface area contributed by atoms with Crippen LogP contribution in [0.2, 0.25) is 0 Å². The van der Waals surface area contributed by atoms with Gasteiger partial charge in [0.25, 0.3) is 0 Å². The Bertz CT molecular complexity index is 735. The van der Waals surface area contributed by atoms with Gasteiger partial charge in [-0.1, -0.05) is 48.5 Å². The first-order valence-corrected chi connectivity index (χ1v) is 9.15. The second-order valence-corrected chi connectivity index (χ2v) is 6.93. The molecule has 0 amide bonds. The van der Waals surface area contributed by atoms with Crippen LogP contribution in [0.1, 0.15) is 59.8 Å². The van der Waals surface area contributed by atoms with Crippen LogP contribution in [-0.4, -0.2) is 49.7 Å². The van der Waals surface area contributed by atoms with E-state index in [0.29, 0.717) is 0 Å². The van der Waals surface area contributed by atoms with Gasteiger partial charge in [0, 0.05) is 23.8 Å². The Kier molecular flexibility index (Phi) is 8.33. The van der Waals surface area contributed by atoms with Gasteiger partial charge in [-0.2, -0.15) is 0 Å². The van der Waals surface area contributed by atoms with Gasteiger partial charge in [0.2, 0.25) is 0 Å². The van der Waals surface area contributed by atoms with Crippen molar-refractivity contribution in [3.05, 3.63) is 70.8 Å². The molecule has 2 unspecified atom stereocenters. The van der Waals surface area contributed by atoms with Gasteiger partial charge in [-0.15, -0.1) is 0 Å². The van der Waals surface area contributed by atoms with Gasteiger partial charge >= 0.3 is 37.7 Å². The van der Waals surface area contributed by atoms with Gasteiger partial charge in [0.05, 0.1) is 0 Å². The molecule has 0 N–H and O–H groups in total. The van der Waals surface area contributed by atoms with E-state index in [1.165, 1.54) is 11.1 Å². The molecule has 0 aliphatic heterocycles. The van der Waals surface area contributed by atoms with Crippen LogP contribution in [0.4, 0.5) is 0 Å². The average Bonchev–Trinajstić information content (AvgIpc) is 2.67. The molecule has 0 spiro atoms. The maximum atomic E-state index is 10.8. The molecule has 0 saturated carbocycles. The maximum Gasteiger partial charge on any atom is 2.00 e. The number of carboxylic acids is 2. The number of carboxylic acid groups (broad SMARTS) is 2. The van der Waals surface area contributed by atoms with Crippen molar-refractivity contribution >= 4 is 49.7 Å². The van der Waals surface area contributed by atoms with Gasteiger partial charge in [0.15, 0.2) is 0 Å². The molecule has 5 heteroatoms. The molecule has 0 bridgehead atoms. The summed E-state index contributed by atoms with van der Waals surface area (Å²) < 4.78 is 0. The molecule has 4 nitrogen and oxygen atoms in total. The van der Waals surface area contributed by atoms with E-state index in [4.69, 9.17) is 0 Å². The van der Waals surface area contributed by atoms with Crippen molar-refractivity contribution in [1.82, 2.24) is 0 Å². The molecule has 4 rings (SSSR count). The van der Waals surface area contributed by atoms with Crippen LogP contribution in [0.15, 0.2) is 48.5 Å². The molecule has 2 aliphatic rings. The quantitative estimate of drug-likeness (QED) is 0.725. The number of rotatable bonds is 2. The van der Waals surface area contributed by atoms with Crippen LogP contribution in [0.5, 0.6) is 0 Å². The number of benzene rings is 2. The van der Waals surface area contributed by atoms with Crippen LogP contribution < -0.4 is 10.2 Å². The Hall–Kier alpha value is -1.36. The van der Waals surface area contributed by atoms with Crippen LogP contribution >= 0.6 is 0 Å². The van der Waals surface area contributed by atoms with E-state index in [0.717, 1.165) is 49.7 Å². The van der Waals surface area contributed by atoms with E-state index in [2.05, 4.69) is 0 Å². The smallest absolute Gasteiger partial charge is 0.549 e. The first-order chi connectivity index (χ1) is 12.6. The molecule has 0 aromatic heterocycles. The minimum absolute atomic E-state index is 0. The molecule has 2 atom stereocenters. The number of fused-ring (bicyclic) bond motifs is 2. The second-order valence-electron chi connectivity index (χ2n) is 6.93. The molecule has 136 valence electrons. The fourth-order valence-electron chi connectivity index (χ4n) is 4.00. The Balaban J connectivity index is 0.000000187. The van der Waals surface area contributed by atoms with Crippen molar-refractivity contribution in [2.24, 2.45) is 0 Å². The summed E-state index contributed by atoms with van der Waals surface area (Å²) >= 11 is 0. The Morgan fingerprint density at radius 3 is 1.44 bits per heavy atom. The topological polar surface area (TPSA) is 80.3 Å². The first kappa shape index (κ1) is 21.9. The predicted octanol–water partition coefficient (Wildman–Crippen LogP) is 1.33. The third-order valence-corrected chi connectivity index (χ3v) is 5.31. The summed E-state index contributed by atoms with van der Waals surface area (Å²) in [6.07, 6.45) is 5.35. The normalized spacial score (nSPS) is 20.0. The third kappa shape index (κ3) is 5.34. The molecule has 0 radical (unpaired) electrons. The van der Waals surface area contributed by atoms with Crippen LogP contribution in [0.3, 0.4) is 0 Å². The fraction of sp³-hybridized carbons (Fsp3) is 0.364. The Morgan fingerprint density at radius 1 is 0.704 bits per heavy atom. The van der Waals surface area contributed by atoms with Crippen molar-refractivity contribution in [2.75, 3.05) is 0 Å². The molecule has 2 aromatic carbocycles. The largest absolute Gasteiger partial charge is 2.00 e. The third-order valence-electron chi connectivity index (χ3n) is 5.31. The number of aliphatic carboxylic acids is 2. The molecule has 27 heavy (non-hydrogen) atoms. The molecular weight excluding hydrogens is 368 g/mol. The van der Waals surface area contributed by atoms with E-state index in [1.54, 1.807) is 0 Å². The number of carbonyl (C=O) groups excluding carboxylic acids is 2. The zero-order valence-electron chi connectivity index (χ0n) is 15.4. The van der Waals surface area contributed by atoms with Crippen molar-refractivity contribution in [3.63, 3.8) is 0 Å². The van der Waals surface area contributed by atoms with Gasteiger partial charge in [0.1, 0.15) is 0 Å². The maximum absolute atomic E-state index is 10.8. The SMILES string of the molecule is O=C([O-])C1CCCc2ccccc21.O=C([O-])C1CCCc2ccccc21.[Ca+2]. The van der Waals surface area contributed by atoms with Crippen molar-refractivity contribution in [1.29, 1.82) is 0 Å². The van der Waals surface area contributed by atoms with Gasteiger partial charge in [-0.25, -0.2) is 0 Å². The van der Waals surface area contributed by atoms with Gasteiger partial charge < -0.3 is 19.8 Å². The van der Waals surface area contributed by atoms with Crippen LogP contribution in [-0.2, 0) is 22.4 Å². The predicted molar refractivity (Wildman–Crippen MR) is 100 cm³/mol. The summed E-state index contributed by atoms with van der Waals surface area (Å²) in [6.45, 7) is 0. The van der Waals surface area contributed by atoms with E-state index in [-0.39, 0.29) is 49.6 Å². The van der Waals surface area contributed by atoms with Gasteiger partial charge in [-0.3, -0.25) is 0 Å². The van der Waals surface area contributed by atoms with Crippen molar-refractivity contribution < 1.29 is 19.8 Å². The molecule has 0 saturated heterocycles. The van der Waals surface area contributed by atoms with Crippen molar-refractivity contribution in [2.45, 2.75) is 50.4 Å². The van der Waals surface area contributed by atoms with Crippen molar-refractivity contribution in [3.8, 4) is 0 Å². The summed E-state index contributed by atoms with van der Waals surface area (Å²) in [5.74, 6) is -2.64. The first-order valence-electron chi connectivity index (χ1n) is 9.15. The molecule has 0 heterocycles. The summed E-state index contributed by atoms with van der Waals surface area (Å²) in [4.78, 5) is 21.6. The number of carbonyl (C=O) groups is 2. The molecule has 2 aliphatic carbocycles. The number of hydrogen-bond donors (Lipinski definition) is 0. The number of aryl methyl sites for hydroxylation is 2. The summed E-state index contributed by atoms with van der Waals surface area (Å²) in [6, 6.07) is 15.5. The van der Waals surface area contributed by atoms with E-state index in [9.17, 15) is 19.8 Å². The summed E-state index contributed by atoms with van der Waals surface area (Å²) in [7, 11) is 0. The zero-order chi connectivity index (χ0) is 18.5. The fourth-order valence-corrected chi connectivity index (χ4v) is 4.00. The molecule has 2 aromatic rings. The van der Waals surface area contributed by atoms with Crippen LogP contribution in [0, 0.1) is 0 Å². The monoisotopic (exact) mass is 390 g/mol. The van der Waals surface area contributed by atoms with Gasteiger partial charge in [-0.05, 0) is 60.8 Å². The summed E-state index contributed by atoms with van der Waals surface area (Å²) in [5, 5.41) is 21.6. The molecule has 0 fully saturated rings. The molecular formula is C22H22CaO4. The number of hydrogen-bond acceptors (Lipinski definition) is 4. The summed E-state index contributed by atoms with van der Waals surface area (Å²) in [5.41, 5.74) is 4.24. The average molecular weight is 390 g/mol.